The summed E-state index contributed by atoms with van der Waals surface area (Å²) < 4.78 is 2.46. The van der Waals surface area contributed by atoms with Crippen LogP contribution in [-0.2, 0) is 10.8 Å². The van der Waals surface area contributed by atoms with Crippen LogP contribution in [0.25, 0.3) is 60.5 Å². The summed E-state index contributed by atoms with van der Waals surface area (Å²) in [5, 5.41) is 5.07. The fraction of sp³-hybridized carbons (Fsp3) is 0.0645. The number of rotatable bonds is 4. The van der Waals surface area contributed by atoms with E-state index in [0.717, 1.165) is 17.1 Å². The van der Waals surface area contributed by atoms with Crippen LogP contribution in [0.4, 0.5) is 17.1 Å². The zero-order chi connectivity index (χ0) is 43.0. The molecule has 0 N–H and O–H groups in total. The summed E-state index contributed by atoms with van der Waals surface area (Å²) in [6.07, 6.45) is 0. The van der Waals surface area contributed by atoms with E-state index < -0.39 is 5.41 Å². The monoisotopic (exact) mass is 846 g/mol. The molecule has 0 atom stereocenters. The number of aromatic nitrogens is 1. The molecule has 0 unspecified atom stereocenters. The number of para-hydroxylation sites is 2. The van der Waals surface area contributed by atoms with Gasteiger partial charge in [0.2, 0.25) is 0 Å². The summed E-state index contributed by atoms with van der Waals surface area (Å²) in [7, 11) is 0. The van der Waals surface area contributed by atoms with E-state index in [0.29, 0.717) is 0 Å². The number of nitrogens with zero attached hydrogens (tertiary/aromatic N) is 2. The summed E-state index contributed by atoms with van der Waals surface area (Å²) in [6.45, 7) is 4.71. The summed E-state index contributed by atoms with van der Waals surface area (Å²) in [6, 6.07) is 82.1. The Balaban J connectivity index is 1.01. The zero-order valence-corrected chi connectivity index (χ0v) is 36.9. The Hall–Kier alpha value is -7.59. The van der Waals surface area contributed by atoms with Gasteiger partial charge < -0.3 is 9.47 Å². The van der Waals surface area contributed by atoms with Gasteiger partial charge in [0.25, 0.3) is 0 Å². The fourth-order valence-electron chi connectivity index (χ4n) is 12.1. The molecule has 0 radical (unpaired) electrons. The first kappa shape index (κ1) is 36.8. The Morgan fingerprint density at radius 3 is 1.80 bits per heavy atom. The molecule has 1 aromatic heterocycles. The van der Waals surface area contributed by atoms with Crippen LogP contribution >= 0.6 is 11.8 Å². The maximum absolute atomic E-state index is 2.51. The molecule has 306 valence electrons. The van der Waals surface area contributed by atoms with Crippen LogP contribution in [0.1, 0.15) is 47.2 Å². The van der Waals surface area contributed by atoms with Gasteiger partial charge in [-0.15, -0.1) is 0 Å². The van der Waals surface area contributed by atoms with E-state index >= 15 is 0 Å². The summed E-state index contributed by atoms with van der Waals surface area (Å²) in [5.74, 6) is 0. The molecule has 14 rings (SSSR count). The highest BCUT2D eigenvalue weighted by molar-refractivity contribution is 7.99. The average molecular weight is 847 g/mol. The van der Waals surface area contributed by atoms with E-state index in [-0.39, 0.29) is 5.41 Å². The summed E-state index contributed by atoms with van der Waals surface area (Å²) in [4.78, 5) is 5.07. The van der Waals surface area contributed by atoms with Crippen molar-refractivity contribution in [2.24, 2.45) is 0 Å². The lowest BCUT2D eigenvalue weighted by Gasteiger charge is -2.46. The standard InChI is InChI=1S/C62H42N2S/c1-61(2)50-23-8-6-20-44(50)48-36-42(31-34-51(48)61)64-56-27-11-7-21-46(56)49-37-41(32-35-57(49)64)63(40-18-4-3-5-19-40)43-30-33-45-47-22-14-16-39-17-15-26-54(60(39)47)62(55(45)38-43)52-24-9-12-28-58(52)65-59-29-13-10-25-53(59)62/h3-38H,1-2H3. The van der Waals surface area contributed by atoms with E-state index in [2.05, 4.69) is 242 Å². The Morgan fingerprint density at radius 2 is 0.985 bits per heavy atom. The molecule has 0 saturated heterocycles. The van der Waals surface area contributed by atoms with Crippen molar-refractivity contribution < 1.29 is 0 Å². The molecular weight excluding hydrogens is 805 g/mol. The third kappa shape index (κ3) is 4.96. The lowest BCUT2D eigenvalue weighted by molar-refractivity contribution is 0.660. The lowest BCUT2D eigenvalue weighted by Crippen LogP contribution is -2.36. The second-order valence-corrected chi connectivity index (χ2v) is 19.5. The minimum absolute atomic E-state index is 0.0448. The van der Waals surface area contributed by atoms with Gasteiger partial charge in [0.05, 0.1) is 16.4 Å². The fourth-order valence-corrected chi connectivity index (χ4v) is 13.3. The minimum Gasteiger partial charge on any atom is -0.310 e. The molecule has 0 fully saturated rings. The van der Waals surface area contributed by atoms with E-state index in [1.165, 1.54) is 104 Å². The van der Waals surface area contributed by atoms with Gasteiger partial charge in [-0.1, -0.05) is 171 Å². The molecule has 10 aromatic carbocycles. The predicted molar refractivity (Wildman–Crippen MR) is 272 cm³/mol. The Bertz CT molecular complexity index is 3750. The molecule has 3 heteroatoms. The largest absolute Gasteiger partial charge is 0.310 e. The first-order valence-electron chi connectivity index (χ1n) is 22.7. The molecule has 2 heterocycles. The van der Waals surface area contributed by atoms with Gasteiger partial charge >= 0.3 is 0 Å². The molecule has 11 aromatic rings. The van der Waals surface area contributed by atoms with Crippen LogP contribution in [0.15, 0.2) is 228 Å². The van der Waals surface area contributed by atoms with Crippen molar-refractivity contribution in [2.75, 3.05) is 4.90 Å². The Morgan fingerprint density at radius 1 is 0.385 bits per heavy atom. The molecule has 65 heavy (non-hydrogen) atoms. The highest BCUT2D eigenvalue weighted by Gasteiger charge is 2.49. The number of anilines is 3. The highest BCUT2D eigenvalue weighted by atomic mass is 32.2. The van der Waals surface area contributed by atoms with E-state index in [4.69, 9.17) is 0 Å². The van der Waals surface area contributed by atoms with Gasteiger partial charge in [-0.25, -0.2) is 0 Å². The molecule has 2 nitrogen and oxygen atoms in total. The topological polar surface area (TPSA) is 8.17 Å². The third-order valence-electron chi connectivity index (χ3n) is 14.8. The van der Waals surface area contributed by atoms with Crippen molar-refractivity contribution in [3.63, 3.8) is 0 Å². The first-order valence-corrected chi connectivity index (χ1v) is 23.5. The predicted octanol–water partition coefficient (Wildman–Crippen LogP) is 16.5. The van der Waals surface area contributed by atoms with E-state index in [1.807, 2.05) is 11.8 Å². The minimum atomic E-state index is -0.539. The molecule has 0 saturated carbocycles. The first-order chi connectivity index (χ1) is 32.0. The van der Waals surface area contributed by atoms with Gasteiger partial charge in [0.15, 0.2) is 0 Å². The average Bonchev–Trinajstić information content (AvgIpc) is 3.80. The Labute approximate surface area is 383 Å². The van der Waals surface area contributed by atoms with Crippen molar-refractivity contribution in [1.82, 2.24) is 4.57 Å². The van der Waals surface area contributed by atoms with Crippen LogP contribution in [0.5, 0.6) is 0 Å². The zero-order valence-electron chi connectivity index (χ0n) is 36.1. The molecule has 1 spiro atoms. The van der Waals surface area contributed by atoms with E-state index in [1.54, 1.807) is 0 Å². The van der Waals surface area contributed by atoms with Crippen LogP contribution in [0, 0.1) is 0 Å². The van der Waals surface area contributed by atoms with Gasteiger partial charge in [-0.3, -0.25) is 0 Å². The van der Waals surface area contributed by atoms with Crippen molar-refractivity contribution >= 4 is 61.4 Å². The van der Waals surface area contributed by atoms with Crippen LogP contribution < -0.4 is 4.90 Å². The van der Waals surface area contributed by atoms with Gasteiger partial charge in [0, 0.05) is 48.7 Å². The van der Waals surface area contributed by atoms with Gasteiger partial charge in [0.1, 0.15) is 0 Å². The van der Waals surface area contributed by atoms with Gasteiger partial charge in [-0.05, 0) is 139 Å². The van der Waals surface area contributed by atoms with Crippen LogP contribution in [0.2, 0.25) is 0 Å². The SMILES string of the molecule is CC1(C)c2ccccc2-c2cc(-n3c4ccccc4c4cc(N(c5ccccc5)c5ccc6c(c5)C5(c7ccccc7Sc7ccccc75)c5cccc7cccc-6c57)ccc43)ccc21. The van der Waals surface area contributed by atoms with Crippen molar-refractivity contribution in [2.45, 2.75) is 34.5 Å². The van der Waals surface area contributed by atoms with Crippen molar-refractivity contribution in [3.8, 4) is 27.9 Å². The molecule has 2 aliphatic carbocycles. The Kier molecular flexibility index (Phi) is 7.63. The number of benzene rings is 10. The van der Waals surface area contributed by atoms with Crippen LogP contribution in [0.3, 0.4) is 0 Å². The molecule has 1 aliphatic heterocycles. The second-order valence-electron chi connectivity index (χ2n) is 18.4. The molecule has 0 amide bonds. The summed E-state index contributed by atoms with van der Waals surface area (Å²) >= 11 is 1.89. The van der Waals surface area contributed by atoms with E-state index in [9.17, 15) is 0 Å². The van der Waals surface area contributed by atoms with Crippen LogP contribution in [-0.4, -0.2) is 4.57 Å². The number of hydrogen-bond acceptors (Lipinski definition) is 2. The smallest absolute Gasteiger partial charge is 0.0736 e. The van der Waals surface area contributed by atoms with Crippen molar-refractivity contribution in [1.29, 1.82) is 0 Å². The maximum atomic E-state index is 2.51. The van der Waals surface area contributed by atoms with Crippen molar-refractivity contribution in [3.05, 3.63) is 252 Å². The molecule has 0 bridgehead atoms. The quantitative estimate of drug-likeness (QED) is 0.174. The third-order valence-corrected chi connectivity index (χ3v) is 16.0. The number of fused-ring (bicyclic) bond motifs is 14. The van der Waals surface area contributed by atoms with Gasteiger partial charge in [-0.2, -0.15) is 0 Å². The molecular formula is C62H42N2S. The normalized spacial score (nSPS) is 14.5. The second kappa shape index (κ2) is 13.5. The maximum Gasteiger partial charge on any atom is 0.0736 e. The summed E-state index contributed by atoms with van der Waals surface area (Å²) in [5.41, 5.74) is 19.7. The lowest BCUT2D eigenvalue weighted by atomic mass is 9.59. The number of hydrogen-bond donors (Lipinski definition) is 0. The molecule has 3 aliphatic rings. The highest BCUT2D eigenvalue weighted by Crippen LogP contribution is 2.62.